The van der Waals surface area contributed by atoms with Crippen LogP contribution >= 0.6 is 11.3 Å². The van der Waals surface area contributed by atoms with E-state index >= 15 is 0 Å². The highest BCUT2D eigenvalue weighted by Crippen LogP contribution is 2.47. The van der Waals surface area contributed by atoms with Gasteiger partial charge in [0.25, 0.3) is 0 Å². The van der Waals surface area contributed by atoms with Gasteiger partial charge in [0.05, 0.1) is 18.6 Å². The Hall–Kier alpha value is -2.74. The van der Waals surface area contributed by atoms with Crippen LogP contribution in [-0.2, 0) is 19.8 Å². The summed E-state index contributed by atoms with van der Waals surface area (Å²) in [5.41, 5.74) is -0.607. The van der Waals surface area contributed by atoms with Crippen molar-refractivity contribution in [3.05, 3.63) is 46.4 Å². The second-order valence-electron chi connectivity index (χ2n) is 9.26. The molecule has 1 aromatic heterocycles. The Bertz CT molecular complexity index is 1050. The van der Waals surface area contributed by atoms with E-state index in [1.165, 1.54) is 4.90 Å². The molecular weight excluding hydrogens is 438 g/mol. The average Bonchev–Trinajstić information content (AvgIpc) is 3.61. The lowest BCUT2D eigenvalue weighted by Crippen LogP contribution is -2.46. The molecule has 3 heterocycles. The lowest BCUT2D eigenvalue weighted by molar-refractivity contribution is -0.145. The summed E-state index contributed by atoms with van der Waals surface area (Å²) in [5.74, 6) is 0.0105. The lowest BCUT2D eigenvalue weighted by Gasteiger charge is -2.32. The fraction of sp³-hybridized carbons (Fsp3) is 0.520. The predicted molar refractivity (Wildman–Crippen MR) is 124 cm³/mol. The molecule has 0 spiro atoms. The zero-order chi connectivity index (χ0) is 23.0. The number of amides is 3. The van der Waals surface area contributed by atoms with E-state index in [1.54, 1.807) is 30.7 Å². The molecular formula is C25H29N3O4S. The van der Waals surface area contributed by atoms with E-state index in [-0.39, 0.29) is 42.6 Å². The van der Waals surface area contributed by atoms with Gasteiger partial charge in [-0.05, 0) is 31.7 Å². The summed E-state index contributed by atoms with van der Waals surface area (Å²) < 4.78 is 5.60. The Morgan fingerprint density at radius 2 is 1.97 bits per heavy atom. The van der Waals surface area contributed by atoms with E-state index in [4.69, 9.17) is 4.74 Å². The van der Waals surface area contributed by atoms with Gasteiger partial charge in [-0.25, -0.2) is 4.98 Å². The third kappa shape index (κ3) is 3.74. The van der Waals surface area contributed by atoms with Gasteiger partial charge >= 0.3 is 0 Å². The van der Waals surface area contributed by atoms with E-state index in [9.17, 15) is 14.4 Å². The number of rotatable bonds is 6. The van der Waals surface area contributed by atoms with Crippen molar-refractivity contribution in [3.8, 4) is 5.75 Å². The first kappa shape index (κ1) is 22.1. The first-order valence-electron chi connectivity index (χ1n) is 11.7. The van der Waals surface area contributed by atoms with E-state index < -0.39 is 5.41 Å². The molecule has 2 atom stereocenters. The number of aromatic nitrogens is 1. The van der Waals surface area contributed by atoms with Crippen molar-refractivity contribution in [3.63, 3.8) is 0 Å². The second kappa shape index (κ2) is 8.89. The maximum atomic E-state index is 14.0. The van der Waals surface area contributed by atoms with Gasteiger partial charge in [0.1, 0.15) is 10.8 Å². The SMILES string of the molecule is COc1ccccc1[C@@]1(CC(=O)N2CCC[C@H]2c2nccs2)CC(=O)N(C2CCCC2)C1=O. The highest BCUT2D eigenvalue weighted by Gasteiger charge is 2.57. The van der Waals surface area contributed by atoms with Crippen molar-refractivity contribution in [2.75, 3.05) is 13.7 Å². The first-order chi connectivity index (χ1) is 16.0. The van der Waals surface area contributed by atoms with Crippen LogP contribution in [0.1, 0.15) is 68.0 Å². The molecule has 8 heteroatoms. The predicted octanol–water partition coefficient (Wildman–Crippen LogP) is 3.84. The summed E-state index contributed by atoms with van der Waals surface area (Å²) in [4.78, 5) is 48.8. The highest BCUT2D eigenvalue weighted by molar-refractivity contribution is 7.09. The quantitative estimate of drug-likeness (QED) is 0.603. The molecule has 3 aliphatic rings. The van der Waals surface area contributed by atoms with Crippen LogP contribution in [0.25, 0.3) is 0 Å². The molecule has 0 unspecified atom stereocenters. The Morgan fingerprint density at radius 3 is 2.70 bits per heavy atom. The Kier molecular flexibility index (Phi) is 5.95. The molecule has 0 bridgehead atoms. The van der Waals surface area contributed by atoms with Crippen LogP contribution in [0.2, 0.25) is 0 Å². The first-order valence-corrected chi connectivity index (χ1v) is 12.6. The lowest BCUT2D eigenvalue weighted by atomic mass is 9.75. The summed E-state index contributed by atoms with van der Waals surface area (Å²) in [5, 5.41) is 2.85. The number of hydrogen-bond donors (Lipinski definition) is 0. The molecule has 33 heavy (non-hydrogen) atoms. The van der Waals surface area contributed by atoms with Crippen LogP contribution in [0, 0.1) is 0 Å². The summed E-state index contributed by atoms with van der Waals surface area (Å²) in [7, 11) is 1.56. The number of nitrogens with zero attached hydrogens (tertiary/aromatic N) is 3. The molecule has 2 aromatic rings. The fourth-order valence-electron chi connectivity index (χ4n) is 5.86. The van der Waals surface area contributed by atoms with Crippen LogP contribution in [0.4, 0.5) is 0 Å². The zero-order valence-corrected chi connectivity index (χ0v) is 19.7. The molecule has 1 aromatic carbocycles. The van der Waals surface area contributed by atoms with Crippen molar-refractivity contribution in [1.82, 2.24) is 14.8 Å². The molecule has 3 fully saturated rings. The minimum atomic E-state index is -1.24. The molecule has 2 aliphatic heterocycles. The van der Waals surface area contributed by atoms with Gasteiger partial charge in [-0.1, -0.05) is 31.0 Å². The van der Waals surface area contributed by atoms with Crippen molar-refractivity contribution in [1.29, 1.82) is 0 Å². The highest BCUT2D eigenvalue weighted by atomic mass is 32.1. The standard InChI is InChI=1S/C25H29N3O4S/c1-32-20-11-5-4-9-18(20)25(16-22(30)28(24(25)31)17-7-2-3-8-17)15-21(29)27-13-6-10-19(27)23-26-12-14-33-23/h4-5,9,11-12,14,17,19H,2-3,6-8,10,13,15-16H2,1H3/t19-,25+/m0/s1. The Morgan fingerprint density at radius 1 is 1.18 bits per heavy atom. The Labute approximate surface area is 197 Å². The van der Waals surface area contributed by atoms with Gasteiger partial charge in [0.15, 0.2) is 0 Å². The average molecular weight is 468 g/mol. The maximum Gasteiger partial charge on any atom is 0.241 e. The molecule has 0 radical (unpaired) electrons. The van der Waals surface area contributed by atoms with E-state index in [0.29, 0.717) is 17.9 Å². The van der Waals surface area contributed by atoms with Gasteiger partial charge in [0.2, 0.25) is 17.7 Å². The minimum absolute atomic E-state index is 0.00417. The third-order valence-corrected chi connectivity index (χ3v) is 8.30. The normalized spacial score (nSPS) is 25.9. The molecule has 0 N–H and O–H groups in total. The molecule has 1 aliphatic carbocycles. The minimum Gasteiger partial charge on any atom is -0.496 e. The van der Waals surface area contributed by atoms with Crippen molar-refractivity contribution >= 4 is 29.1 Å². The number of benzene rings is 1. The number of hydrogen-bond acceptors (Lipinski definition) is 6. The van der Waals surface area contributed by atoms with Gasteiger partial charge in [-0.2, -0.15) is 0 Å². The van der Waals surface area contributed by atoms with Crippen molar-refractivity contribution in [2.45, 2.75) is 68.9 Å². The number of carbonyl (C=O) groups is 3. The molecule has 174 valence electrons. The third-order valence-electron chi connectivity index (χ3n) is 7.42. The number of imide groups is 1. The van der Waals surface area contributed by atoms with Crippen LogP contribution in [0.5, 0.6) is 5.75 Å². The Balaban J connectivity index is 1.52. The van der Waals surface area contributed by atoms with Gasteiger partial charge in [-0.15, -0.1) is 11.3 Å². The van der Waals surface area contributed by atoms with Crippen LogP contribution in [0.3, 0.4) is 0 Å². The second-order valence-corrected chi connectivity index (χ2v) is 10.2. The van der Waals surface area contributed by atoms with E-state index in [0.717, 1.165) is 43.5 Å². The molecule has 5 rings (SSSR count). The maximum absolute atomic E-state index is 14.0. The monoisotopic (exact) mass is 467 g/mol. The van der Waals surface area contributed by atoms with Crippen LogP contribution in [-0.4, -0.2) is 52.2 Å². The zero-order valence-electron chi connectivity index (χ0n) is 18.9. The summed E-state index contributed by atoms with van der Waals surface area (Å²) in [6, 6.07) is 7.18. The molecule has 2 saturated heterocycles. The van der Waals surface area contributed by atoms with Crippen LogP contribution < -0.4 is 4.74 Å². The summed E-state index contributed by atoms with van der Waals surface area (Å²) in [6.07, 6.45) is 7.21. The number of thiazole rings is 1. The molecule has 3 amide bonds. The number of para-hydroxylation sites is 1. The van der Waals surface area contributed by atoms with E-state index in [2.05, 4.69) is 4.98 Å². The van der Waals surface area contributed by atoms with Crippen molar-refractivity contribution in [2.24, 2.45) is 0 Å². The number of carbonyl (C=O) groups excluding carboxylic acids is 3. The topological polar surface area (TPSA) is 79.8 Å². The van der Waals surface area contributed by atoms with Gasteiger partial charge < -0.3 is 9.64 Å². The fourth-order valence-corrected chi connectivity index (χ4v) is 6.64. The smallest absolute Gasteiger partial charge is 0.241 e. The summed E-state index contributed by atoms with van der Waals surface area (Å²) >= 11 is 1.55. The molecule has 1 saturated carbocycles. The van der Waals surface area contributed by atoms with Gasteiger partial charge in [-0.3, -0.25) is 19.3 Å². The van der Waals surface area contributed by atoms with Gasteiger partial charge in [0, 0.05) is 42.6 Å². The van der Waals surface area contributed by atoms with Crippen LogP contribution in [0.15, 0.2) is 35.8 Å². The molecule has 7 nitrogen and oxygen atoms in total. The largest absolute Gasteiger partial charge is 0.496 e. The number of ether oxygens (including phenoxy) is 1. The van der Waals surface area contributed by atoms with Crippen molar-refractivity contribution < 1.29 is 19.1 Å². The number of methoxy groups -OCH3 is 1. The van der Waals surface area contributed by atoms with E-state index in [1.807, 2.05) is 28.5 Å². The summed E-state index contributed by atoms with van der Waals surface area (Å²) in [6.45, 7) is 0.638. The number of likely N-dealkylation sites (tertiary alicyclic amines) is 2.